The van der Waals surface area contributed by atoms with Gasteiger partial charge in [0, 0.05) is 11.6 Å². The first kappa shape index (κ1) is 20.7. The van der Waals surface area contributed by atoms with E-state index in [1.54, 1.807) is 0 Å². The van der Waals surface area contributed by atoms with E-state index >= 15 is 0 Å². The fraction of sp³-hybridized carbons (Fsp3) is 0.188. The Bertz CT molecular complexity index is 1060. The first-order chi connectivity index (χ1) is 12.9. The van der Waals surface area contributed by atoms with Gasteiger partial charge in [-0.05, 0) is 23.8 Å². The number of halogens is 5. The third-order valence-electron chi connectivity index (χ3n) is 3.98. The second-order valence-electron chi connectivity index (χ2n) is 5.90. The predicted octanol–water partition coefficient (Wildman–Crippen LogP) is 4.04. The maximum atomic E-state index is 13.0. The largest absolute Gasteiger partial charge is 0.479 e. The van der Waals surface area contributed by atoms with Crippen LogP contribution in [0, 0.1) is 0 Å². The van der Waals surface area contributed by atoms with E-state index in [2.05, 4.69) is 5.32 Å². The van der Waals surface area contributed by atoms with Crippen molar-refractivity contribution in [2.75, 3.05) is 5.32 Å². The van der Waals surface area contributed by atoms with E-state index in [-0.39, 0.29) is 21.3 Å². The van der Waals surface area contributed by atoms with Crippen molar-refractivity contribution in [3.8, 4) is 0 Å². The molecule has 0 spiro atoms. The molecule has 2 N–H and O–H groups in total. The summed E-state index contributed by atoms with van der Waals surface area (Å²) in [6, 6.07) is 6.34. The van der Waals surface area contributed by atoms with Crippen LogP contribution in [0.15, 0.2) is 41.3 Å². The number of hydrogen-bond donors (Lipinski definition) is 2. The lowest BCUT2D eigenvalue weighted by Crippen LogP contribution is -2.52. The lowest BCUT2D eigenvalue weighted by Gasteiger charge is -2.35. The molecule has 6 nitrogen and oxygen atoms in total. The number of carbonyl (C=O) groups is 1. The molecule has 0 saturated heterocycles. The smallest absolute Gasteiger partial charge is 0.416 e. The van der Waals surface area contributed by atoms with Gasteiger partial charge in [-0.15, -0.1) is 0 Å². The normalized spacial score (nSPS) is 19.0. The first-order valence-electron chi connectivity index (χ1n) is 7.57. The van der Waals surface area contributed by atoms with Crippen LogP contribution >= 0.6 is 23.2 Å². The van der Waals surface area contributed by atoms with Crippen molar-refractivity contribution in [3.05, 3.63) is 57.6 Å². The zero-order valence-electron chi connectivity index (χ0n) is 13.7. The number of rotatable bonds is 3. The van der Waals surface area contributed by atoms with Crippen LogP contribution in [0.1, 0.15) is 11.1 Å². The molecule has 0 radical (unpaired) electrons. The number of carboxylic acids is 1. The van der Waals surface area contributed by atoms with Gasteiger partial charge in [0.25, 0.3) is 0 Å². The van der Waals surface area contributed by atoms with Gasteiger partial charge in [0.1, 0.15) is 4.90 Å². The van der Waals surface area contributed by atoms with Crippen molar-refractivity contribution in [2.45, 2.75) is 23.8 Å². The molecule has 150 valence electrons. The molecule has 1 aliphatic rings. The zero-order chi connectivity index (χ0) is 20.9. The number of nitrogens with zero attached hydrogens (tertiary/aromatic N) is 1. The summed E-state index contributed by atoms with van der Waals surface area (Å²) in [6.07, 6.45) is -6.39. The highest BCUT2D eigenvalue weighted by molar-refractivity contribution is 7.89. The molecule has 1 heterocycles. The average Bonchev–Trinajstić information content (AvgIpc) is 2.55. The Morgan fingerprint density at radius 3 is 2.50 bits per heavy atom. The molecule has 12 heteroatoms. The van der Waals surface area contributed by atoms with Crippen LogP contribution in [0.3, 0.4) is 0 Å². The first-order valence-corrected chi connectivity index (χ1v) is 9.77. The van der Waals surface area contributed by atoms with Crippen LogP contribution in [0.4, 0.5) is 18.9 Å². The number of aliphatic carboxylic acids is 1. The van der Waals surface area contributed by atoms with Gasteiger partial charge >= 0.3 is 12.1 Å². The summed E-state index contributed by atoms with van der Waals surface area (Å²) in [5.41, 5.74) is -1.13. The summed E-state index contributed by atoms with van der Waals surface area (Å²) in [7, 11) is -4.45. The number of nitrogens with one attached hydrogen (secondary N) is 1. The van der Waals surface area contributed by atoms with Crippen molar-refractivity contribution in [1.29, 1.82) is 0 Å². The molecule has 3 rings (SSSR count). The fourth-order valence-corrected chi connectivity index (χ4v) is 5.25. The molecule has 0 amide bonds. The van der Waals surface area contributed by atoms with Gasteiger partial charge in [0.05, 0.1) is 16.3 Å². The van der Waals surface area contributed by atoms with Crippen LogP contribution < -0.4 is 5.32 Å². The van der Waals surface area contributed by atoms with Gasteiger partial charge in [0.2, 0.25) is 10.0 Å². The minimum Gasteiger partial charge on any atom is -0.479 e. The van der Waals surface area contributed by atoms with Gasteiger partial charge < -0.3 is 10.4 Å². The van der Waals surface area contributed by atoms with Crippen LogP contribution in [0.25, 0.3) is 0 Å². The minimum absolute atomic E-state index is 0.0417. The summed E-state index contributed by atoms with van der Waals surface area (Å²) in [5, 5.41) is 11.8. The monoisotopic (exact) mass is 454 g/mol. The molecule has 0 aliphatic carbocycles. The van der Waals surface area contributed by atoms with E-state index in [0.29, 0.717) is 4.31 Å². The number of fused-ring (bicyclic) bond motifs is 1. The standard InChI is InChI=1S/C16H11Cl2F3N2O4S/c17-10-5-11(18)13-12(6-10)22-14(15(24)25)23(28(13,26)27)7-8-2-1-3-9(4-8)16(19,20)21/h1-6,14,22H,7H2,(H,24,25). The molecular formula is C16H11Cl2F3N2O4S. The number of benzene rings is 2. The van der Waals surface area contributed by atoms with Gasteiger partial charge in [-0.3, -0.25) is 0 Å². The minimum atomic E-state index is -4.63. The van der Waals surface area contributed by atoms with Crippen LogP contribution in [0.2, 0.25) is 10.0 Å². The van der Waals surface area contributed by atoms with Gasteiger partial charge in [0.15, 0.2) is 6.17 Å². The van der Waals surface area contributed by atoms with E-state index in [1.807, 2.05) is 0 Å². The average molecular weight is 455 g/mol. The van der Waals surface area contributed by atoms with Crippen molar-refractivity contribution in [3.63, 3.8) is 0 Å². The number of anilines is 1. The van der Waals surface area contributed by atoms with Crippen molar-refractivity contribution in [2.24, 2.45) is 0 Å². The maximum absolute atomic E-state index is 13.0. The predicted molar refractivity (Wildman–Crippen MR) is 95.7 cm³/mol. The van der Waals surface area contributed by atoms with Crippen LogP contribution in [-0.4, -0.2) is 30.0 Å². The molecule has 1 atom stereocenters. The molecule has 0 saturated carbocycles. The zero-order valence-corrected chi connectivity index (χ0v) is 16.0. The third-order valence-corrected chi connectivity index (χ3v) is 6.52. The van der Waals surface area contributed by atoms with E-state index < -0.39 is 45.3 Å². The SMILES string of the molecule is O=C(O)C1Nc2cc(Cl)cc(Cl)c2S(=O)(=O)N1Cc1cccc(C(F)(F)F)c1. The Morgan fingerprint density at radius 1 is 1.21 bits per heavy atom. The quantitative estimate of drug-likeness (QED) is 0.730. The Balaban J connectivity index is 2.10. The topological polar surface area (TPSA) is 86.7 Å². The highest BCUT2D eigenvalue weighted by Gasteiger charge is 2.43. The fourth-order valence-electron chi connectivity index (χ4n) is 2.79. The summed E-state index contributed by atoms with van der Waals surface area (Å²) in [4.78, 5) is 11.2. The van der Waals surface area contributed by atoms with Crippen LogP contribution in [-0.2, 0) is 27.5 Å². The second kappa shape index (κ2) is 7.11. The van der Waals surface area contributed by atoms with Crippen LogP contribution in [0.5, 0.6) is 0 Å². The Kier molecular flexibility index (Phi) is 5.26. The van der Waals surface area contributed by atoms with E-state index in [1.165, 1.54) is 18.2 Å². The van der Waals surface area contributed by atoms with Gasteiger partial charge in [-0.2, -0.15) is 17.5 Å². The number of hydrogen-bond acceptors (Lipinski definition) is 4. The summed E-state index contributed by atoms with van der Waals surface area (Å²) < 4.78 is 65.3. The van der Waals surface area contributed by atoms with Crippen molar-refractivity contribution in [1.82, 2.24) is 4.31 Å². The maximum Gasteiger partial charge on any atom is 0.416 e. The number of sulfonamides is 1. The van der Waals surface area contributed by atoms with Gasteiger partial charge in [-0.1, -0.05) is 41.4 Å². The Hall–Kier alpha value is -2.01. The highest BCUT2D eigenvalue weighted by Crippen LogP contribution is 2.40. The number of carboxylic acid groups (broad SMARTS) is 1. The highest BCUT2D eigenvalue weighted by atomic mass is 35.5. The van der Waals surface area contributed by atoms with Crippen molar-refractivity contribution >= 4 is 44.9 Å². The molecule has 28 heavy (non-hydrogen) atoms. The second-order valence-corrected chi connectivity index (χ2v) is 8.57. The number of alkyl halides is 3. The molecule has 2 aromatic rings. The summed E-state index contributed by atoms with van der Waals surface area (Å²) in [5.74, 6) is -1.54. The van der Waals surface area contributed by atoms with E-state index in [0.717, 1.165) is 18.2 Å². The Labute approximate surface area is 167 Å². The molecule has 0 fully saturated rings. The van der Waals surface area contributed by atoms with Gasteiger partial charge in [-0.25, -0.2) is 13.2 Å². The van der Waals surface area contributed by atoms with E-state index in [9.17, 15) is 31.5 Å². The lowest BCUT2D eigenvalue weighted by atomic mass is 10.1. The molecule has 0 bridgehead atoms. The van der Waals surface area contributed by atoms with E-state index in [4.69, 9.17) is 23.2 Å². The summed E-state index contributed by atoms with van der Waals surface area (Å²) in [6.45, 7) is -0.616. The molecule has 0 aromatic heterocycles. The van der Waals surface area contributed by atoms with Crippen molar-refractivity contribution < 1.29 is 31.5 Å². The molecular weight excluding hydrogens is 444 g/mol. The lowest BCUT2D eigenvalue weighted by molar-refractivity contribution is -0.141. The molecule has 1 unspecified atom stereocenters. The Morgan fingerprint density at radius 2 is 1.89 bits per heavy atom. The molecule has 1 aliphatic heterocycles. The summed E-state index contributed by atoms with van der Waals surface area (Å²) >= 11 is 11.8. The molecule has 2 aromatic carbocycles. The third kappa shape index (κ3) is 3.77.